The van der Waals surface area contributed by atoms with E-state index in [0.29, 0.717) is 33.4 Å². The first-order chi connectivity index (χ1) is 26.0. The van der Waals surface area contributed by atoms with Crippen LogP contribution in [0.5, 0.6) is 57.5 Å². The van der Waals surface area contributed by atoms with E-state index in [1.54, 1.807) is 97.6 Å². The number of aromatic nitrogens is 2. The first-order valence-corrected chi connectivity index (χ1v) is 16.3. The Kier molecular flexibility index (Phi) is 11.9. The molecule has 1 aromatic heterocycles. The Morgan fingerprint density at radius 3 is 0.722 bits per heavy atom. The lowest BCUT2D eigenvalue weighted by Crippen LogP contribution is -2.04. The number of hydrogen-bond donors (Lipinski definition) is 10. The van der Waals surface area contributed by atoms with Crippen LogP contribution in [-0.4, -0.2) is 61.0 Å². The average Bonchev–Trinajstić information content (AvgIpc) is 3.17. The summed E-state index contributed by atoms with van der Waals surface area (Å²) in [4.78, 5) is 7.44. The molecule has 10 N–H and O–H groups in total. The molecule has 0 saturated carbocycles. The Labute approximate surface area is 309 Å². The first-order valence-electron chi connectivity index (χ1n) is 16.3. The van der Waals surface area contributed by atoms with Crippen LogP contribution >= 0.6 is 0 Å². The molecule has 0 bridgehead atoms. The van der Waals surface area contributed by atoms with Gasteiger partial charge < -0.3 is 51.1 Å². The van der Waals surface area contributed by atoms with Crippen LogP contribution in [0.25, 0.3) is 0 Å². The van der Waals surface area contributed by atoms with Crippen LogP contribution in [0.3, 0.4) is 0 Å². The maximum atomic E-state index is 10.2. The monoisotopic (exact) mass is 728 g/mol. The number of para-hydroxylation sites is 4. The molecule has 0 aliphatic carbocycles. The SMILES string of the molecule is Oc1ccccc1C(c1cc(O)c(O)c(O)c1)c1ccccc1O.Oc1ccccc1C(c1cc(O)c(O)c(O)c1)c1ccccc1O.c1cnccn1. The van der Waals surface area contributed by atoms with Crippen LogP contribution in [-0.2, 0) is 0 Å². The van der Waals surface area contributed by atoms with E-state index in [-0.39, 0.29) is 23.0 Å². The van der Waals surface area contributed by atoms with Crippen molar-refractivity contribution in [3.63, 3.8) is 0 Å². The molecular weight excluding hydrogens is 692 g/mol. The summed E-state index contributed by atoms with van der Waals surface area (Å²) in [6, 6.07) is 31.6. The smallest absolute Gasteiger partial charge is 0.200 e. The van der Waals surface area contributed by atoms with Crippen LogP contribution < -0.4 is 0 Å². The second kappa shape index (κ2) is 17.1. The molecule has 54 heavy (non-hydrogen) atoms. The largest absolute Gasteiger partial charge is 0.508 e. The van der Waals surface area contributed by atoms with Gasteiger partial charge >= 0.3 is 0 Å². The molecule has 1 heterocycles. The molecule has 12 heteroatoms. The molecule has 0 saturated heterocycles. The van der Waals surface area contributed by atoms with Gasteiger partial charge in [0.05, 0.1) is 0 Å². The summed E-state index contributed by atoms with van der Waals surface area (Å²) in [6.45, 7) is 0. The van der Waals surface area contributed by atoms with Crippen molar-refractivity contribution in [3.8, 4) is 57.5 Å². The number of phenols is 10. The second-order valence-electron chi connectivity index (χ2n) is 11.8. The van der Waals surface area contributed by atoms with Gasteiger partial charge in [-0.05, 0) is 59.7 Å². The van der Waals surface area contributed by atoms with E-state index in [2.05, 4.69) is 9.97 Å². The number of benzene rings is 6. The molecule has 6 aromatic carbocycles. The molecule has 0 radical (unpaired) electrons. The van der Waals surface area contributed by atoms with E-state index in [9.17, 15) is 51.1 Å². The average molecular weight is 729 g/mol. The van der Waals surface area contributed by atoms with E-state index < -0.39 is 46.3 Å². The van der Waals surface area contributed by atoms with Gasteiger partial charge in [-0.3, -0.25) is 9.97 Å². The Morgan fingerprint density at radius 1 is 0.296 bits per heavy atom. The lowest BCUT2D eigenvalue weighted by Gasteiger charge is -2.21. The summed E-state index contributed by atoms with van der Waals surface area (Å²) in [5.41, 5.74) is 2.77. The van der Waals surface area contributed by atoms with Crippen molar-refractivity contribution in [1.82, 2.24) is 9.97 Å². The summed E-state index contributed by atoms with van der Waals surface area (Å²) >= 11 is 0. The van der Waals surface area contributed by atoms with Crippen molar-refractivity contribution in [2.45, 2.75) is 11.8 Å². The van der Waals surface area contributed by atoms with Gasteiger partial charge in [0, 0.05) is 58.9 Å². The summed E-state index contributed by atoms with van der Waals surface area (Å²) in [6.07, 6.45) is 6.56. The zero-order chi connectivity index (χ0) is 38.8. The van der Waals surface area contributed by atoms with Gasteiger partial charge in [-0.2, -0.15) is 0 Å². The molecule has 274 valence electrons. The lowest BCUT2D eigenvalue weighted by atomic mass is 9.84. The summed E-state index contributed by atoms with van der Waals surface area (Å²) in [5, 5.41) is 99.4. The van der Waals surface area contributed by atoms with Gasteiger partial charge in [0.25, 0.3) is 0 Å². The Morgan fingerprint density at radius 2 is 0.519 bits per heavy atom. The van der Waals surface area contributed by atoms with Crippen molar-refractivity contribution >= 4 is 0 Å². The standard InChI is InChI=1S/2C19H16O5.C4H4N2/c2*20-14-7-3-1-5-12(14)18(13-6-2-4-8-15(13)21)11-9-16(22)19(24)17(23)10-11;1-2-6-4-3-5-1/h2*1-10,18,20-24H;1-4H. The highest BCUT2D eigenvalue weighted by Crippen LogP contribution is 2.46. The molecule has 0 aliphatic rings. The molecule has 12 nitrogen and oxygen atoms in total. The quantitative estimate of drug-likeness (QED) is 0.0602. The molecule has 0 atom stereocenters. The van der Waals surface area contributed by atoms with Crippen LogP contribution in [0, 0.1) is 0 Å². The van der Waals surface area contributed by atoms with Gasteiger partial charge in [-0.15, -0.1) is 0 Å². The molecule has 7 rings (SSSR count). The number of nitrogens with zero attached hydrogens (tertiary/aromatic N) is 2. The number of hydrogen-bond acceptors (Lipinski definition) is 12. The lowest BCUT2D eigenvalue weighted by molar-refractivity contribution is 0.366. The minimum Gasteiger partial charge on any atom is -0.508 e. The first kappa shape index (κ1) is 37.7. The third-order valence-electron chi connectivity index (χ3n) is 8.32. The molecule has 0 spiro atoms. The van der Waals surface area contributed by atoms with Gasteiger partial charge in [-0.1, -0.05) is 72.8 Å². The molecule has 0 unspecified atom stereocenters. The fourth-order valence-corrected chi connectivity index (χ4v) is 5.82. The number of aromatic hydroxyl groups is 10. The number of rotatable bonds is 6. The second-order valence-corrected chi connectivity index (χ2v) is 11.8. The molecule has 0 fully saturated rings. The summed E-state index contributed by atoms with van der Waals surface area (Å²) in [7, 11) is 0. The summed E-state index contributed by atoms with van der Waals surface area (Å²) in [5.74, 6) is -4.43. The number of phenolic OH excluding ortho intramolecular Hbond substituents is 10. The van der Waals surface area contributed by atoms with E-state index >= 15 is 0 Å². The zero-order valence-electron chi connectivity index (χ0n) is 28.4. The van der Waals surface area contributed by atoms with Crippen molar-refractivity contribution < 1.29 is 51.1 Å². The van der Waals surface area contributed by atoms with Gasteiger partial charge in [-0.25, -0.2) is 0 Å². The molecule has 7 aromatic rings. The van der Waals surface area contributed by atoms with Crippen LogP contribution in [0.15, 0.2) is 146 Å². The van der Waals surface area contributed by atoms with Crippen LogP contribution in [0.2, 0.25) is 0 Å². The normalized spacial score (nSPS) is 10.6. The van der Waals surface area contributed by atoms with E-state index in [1.165, 1.54) is 48.5 Å². The van der Waals surface area contributed by atoms with Gasteiger partial charge in [0.1, 0.15) is 23.0 Å². The third-order valence-corrected chi connectivity index (χ3v) is 8.32. The fraction of sp³-hybridized carbons (Fsp3) is 0.0476. The van der Waals surface area contributed by atoms with Crippen molar-refractivity contribution in [2.75, 3.05) is 0 Å². The fourth-order valence-electron chi connectivity index (χ4n) is 5.82. The van der Waals surface area contributed by atoms with E-state index in [4.69, 9.17) is 0 Å². The topological polar surface area (TPSA) is 228 Å². The minimum absolute atomic E-state index is 0.0119. The predicted molar refractivity (Wildman–Crippen MR) is 199 cm³/mol. The Balaban J connectivity index is 0.000000180. The highest BCUT2D eigenvalue weighted by atomic mass is 16.3. The molecule has 0 aliphatic heterocycles. The molecule has 0 amide bonds. The summed E-state index contributed by atoms with van der Waals surface area (Å²) < 4.78 is 0. The van der Waals surface area contributed by atoms with Crippen LogP contribution in [0.1, 0.15) is 45.2 Å². The highest BCUT2D eigenvalue weighted by molar-refractivity contribution is 5.60. The minimum atomic E-state index is -0.648. The van der Waals surface area contributed by atoms with Crippen molar-refractivity contribution in [2.24, 2.45) is 0 Å². The Hall–Kier alpha value is -7.60. The third kappa shape index (κ3) is 8.64. The van der Waals surface area contributed by atoms with Gasteiger partial charge in [0.2, 0.25) is 0 Å². The maximum absolute atomic E-state index is 10.2. The zero-order valence-corrected chi connectivity index (χ0v) is 28.4. The van der Waals surface area contributed by atoms with E-state index in [1.807, 2.05) is 0 Å². The maximum Gasteiger partial charge on any atom is 0.200 e. The van der Waals surface area contributed by atoms with E-state index in [0.717, 1.165) is 0 Å². The van der Waals surface area contributed by atoms with Crippen molar-refractivity contribution in [3.05, 3.63) is 179 Å². The van der Waals surface area contributed by atoms with Crippen LogP contribution in [0.4, 0.5) is 0 Å². The van der Waals surface area contributed by atoms with Gasteiger partial charge in [0.15, 0.2) is 34.5 Å². The predicted octanol–water partition coefficient (Wildman–Crippen LogP) is 7.27. The van der Waals surface area contributed by atoms with Crippen molar-refractivity contribution in [1.29, 1.82) is 0 Å². The highest BCUT2D eigenvalue weighted by Gasteiger charge is 2.26. The Bertz CT molecular complexity index is 2020. The molecular formula is C42H36N2O10.